The van der Waals surface area contributed by atoms with E-state index in [1.807, 2.05) is 67.5 Å². The first-order valence-corrected chi connectivity index (χ1v) is 7.04. The molecule has 0 spiro atoms. The van der Waals surface area contributed by atoms with E-state index in [1.165, 1.54) is 0 Å². The maximum Gasteiger partial charge on any atom is 0.211 e. The Labute approximate surface area is 128 Å². The highest BCUT2D eigenvalue weighted by Gasteiger charge is 2.20. The molecule has 3 rings (SSSR count). The smallest absolute Gasteiger partial charge is 0.211 e. The number of nitrogens with one attached hydrogen (secondary N) is 1. The zero-order valence-electron chi connectivity index (χ0n) is 11.9. The standard InChI is InChI=1S/C17H15ClN2O/c1-20(2)16-13-9-8-12(18)10-14(13)19-15(16)17(21)11-6-4-3-5-7-11/h3-10,19H,1-2H3. The first-order chi connectivity index (χ1) is 10.1. The molecular formula is C17H15ClN2O. The van der Waals surface area contributed by atoms with Gasteiger partial charge in [-0.05, 0) is 18.2 Å². The van der Waals surface area contributed by atoms with Crippen molar-refractivity contribution in [3.05, 3.63) is 64.8 Å². The Morgan fingerprint density at radius 3 is 2.48 bits per heavy atom. The second kappa shape index (κ2) is 5.26. The SMILES string of the molecule is CN(C)c1c(C(=O)c2ccccc2)[nH]c2cc(Cl)ccc12. The van der Waals surface area contributed by atoms with Gasteiger partial charge >= 0.3 is 0 Å². The van der Waals surface area contributed by atoms with E-state index in [1.54, 1.807) is 0 Å². The first kappa shape index (κ1) is 13.7. The lowest BCUT2D eigenvalue weighted by molar-refractivity contribution is 0.103. The predicted octanol–water partition coefficient (Wildman–Crippen LogP) is 4.12. The van der Waals surface area contributed by atoms with Gasteiger partial charge in [0, 0.05) is 35.6 Å². The lowest BCUT2D eigenvalue weighted by atomic mass is 10.1. The number of hydrogen-bond acceptors (Lipinski definition) is 2. The van der Waals surface area contributed by atoms with E-state index in [4.69, 9.17) is 11.6 Å². The Bertz CT molecular complexity index is 806. The van der Waals surface area contributed by atoms with Crippen LogP contribution < -0.4 is 4.90 Å². The van der Waals surface area contributed by atoms with Crippen molar-refractivity contribution in [3.8, 4) is 0 Å². The minimum atomic E-state index is -0.0216. The number of halogens is 1. The number of aromatic amines is 1. The summed E-state index contributed by atoms with van der Waals surface area (Å²) >= 11 is 6.04. The van der Waals surface area contributed by atoms with Crippen LogP contribution in [0.3, 0.4) is 0 Å². The number of fused-ring (bicyclic) bond motifs is 1. The van der Waals surface area contributed by atoms with Crippen LogP contribution in [0.2, 0.25) is 5.02 Å². The first-order valence-electron chi connectivity index (χ1n) is 6.66. The summed E-state index contributed by atoms with van der Waals surface area (Å²) in [5.74, 6) is -0.0216. The van der Waals surface area contributed by atoms with Gasteiger partial charge in [-0.15, -0.1) is 0 Å². The largest absolute Gasteiger partial charge is 0.375 e. The molecule has 1 aromatic heterocycles. The fraction of sp³-hybridized carbons (Fsp3) is 0.118. The van der Waals surface area contributed by atoms with Gasteiger partial charge < -0.3 is 9.88 Å². The van der Waals surface area contributed by atoms with E-state index in [9.17, 15) is 4.79 Å². The third kappa shape index (κ3) is 2.41. The lowest BCUT2D eigenvalue weighted by Gasteiger charge is -2.13. The third-order valence-electron chi connectivity index (χ3n) is 3.44. The number of hydrogen-bond donors (Lipinski definition) is 1. The molecule has 0 fully saturated rings. The van der Waals surface area contributed by atoms with Crippen LogP contribution in [0.15, 0.2) is 48.5 Å². The monoisotopic (exact) mass is 298 g/mol. The Hall–Kier alpha value is -2.26. The number of nitrogens with zero attached hydrogens (tertiary/aromatic N) is 1. The molecule has 2 aromatic carbocycles. The topological polar surface area (TPSA) is 36.1 Å². The number of carbonyl (C=O) groups excluding carboxylic acids is 1. The predicted molar refractivity (Wildman–Crippen MR) is 87.5 cm³/mol. The molecule has 4 heteroatoms. The molecule has 3 nitrogen and oxygen atoms in total. The molecule has 0 atom stereocenters. The Balaban J connectivity index is 2.22. The van der Waals surface area contributed by atoms with Gasteiger partial charge in [0.25, 0.3) is 0 Å². The van der Waals surface area contributed by atoms with E-state index >= 15 is 0 Å². The maximum atomic E-state index is 12.7. The fourth-order valence-electron chi connectivity index (χ4n) is 2.52. The molecule has 0 aliphatic heterocycles. The highest BCUT2D eigenvalue weighted by Crippen LogP contribution is 2.32. The molecular weight excluding hydrogens is 284 g/mol. The summed E-state index contributed by atoms with van der Waals surface area (Å²) < 4.78 is 0. The molecule has 0 amide bonds. The van der Waals surface area contributed by atoms with Crippen LogP contribution in [0.5, 0.6) is 0 Å². The van der Waals surface area contributed by atoms with Gasteiger partial charge in [-0.1, -0.05) is 41.9 Å². The zero-order valence-corrected chi connectivity index (χ0v) is 12.6. The molecule has 0 unspecified atom stereocenters. The van der Waals surface area contributed by atoms with Gasteiger partial charge in [-0.3, -0.25) is 4.79 Å². The van der Waals surface area contributed by atoms with Crippen LogP contribution in [0, 0.1) is 0 Å². The van der Waals surface area contributed by atoms with Crippen molar-refractivity contribution in [2.75, 3.05) is 19.0 Å². The summed E-state index contributed by atoms with van der Waals surface area (Å²) in [7, 11) is 3.86. The van der Waals surface area contributed by atoms with Crippen molar-refractivity contribution in [1.29, 1.82) is 0 Å². The number of H-pyrrole nitrogens is 1. The Kier molecular flexibility index (Phi) is 3.43. The normalized spacial score (nSPS) is 10.8. The molecule has 0 saturated carbocycles. The van der Waals surface area contributed by atoms with Crippen molar-refractivity contribution >= 4 is 34.0 Å². The van der Waals surface area contributed by atoms with Gasteiger partial charge in [0.15, 0.2) is 0 Å². The molecule has 0 saturated heterocycles. The Morgan fingerprint density at radius 1 is 1.10 bits per heavy atom. The van der Waals surface area contributed by atoms with E-state index < -0.39 is 0 Å². The highest BCUT2D eigenvalue weighted by molar-refractivity contribution is 6.31. The molecule has 1 heterocycles. The number of carbonyl (C=O) groups is 1. The van der Waals surface area contributed by atoms with Gasteiger partial charge in [-0.25, -0.2) is 0 Å². The summed E-state index contributed by atoms with van der Waals surface area (Å²) in [6.45, 7) is 0. The van der Waals surface area contributed by atoms with E-state index in [2.05, 4.69) is 4.98 Å². The molecule has 0 radical (unpaired) electrons. The van der Waals surface area contributed by atoms with Crippen molar-refractivity contribution in [3.63, 3.8) is 0 Å². The van der Waals surface area contributed by atoms with Crippen molar-refractivity contribution in [1.82, 2.24) is 4.98 Å². The fourth-order valence-corrected chi connectivity index (χ4v) is 2.69. The minimum Gasteiger partial charge on any atom is -0.375 e. The van der Waals surface area contributed by atoms with Gasteiger partial charge in [0.2, 0.25) is 5.78 Å². The maximum absolute atomic E-state index is 12.7. The summed E-state index contributed by atoms with van der Waals surface area (Å²) in [6, 6.07) is 14.9. The highest BCUT2D eigenvalue weighted by atomic mass is 35.5. The van der Waals surface area contributed by atoms with Crippen LogP contribution in [0.4, 0.5) is 5.69 Å². The molecule has 0 aliphatic carbocycles. The third-order valence-corrected chi connectivity index (χ3v) is 3.68. The van der Waals surface area contributed by atoms with Crippen LogP contribution in [-0.2, 0) is 0 Å². The van der Waals surface area contributed by atoms with Crippen LogP contribution in [-0.4, -0.2) is 24.9 Å². The van der Waals surface area contributed by atoms with Crippen LogP contribution in [0.25, 0.3) is 10.9 Å². The molecule has 0 bridgehead atoms. The van der Waals surface area contributed by atoms with Gasteiger partial charge in [-0.2, -0.15) is 0 Å². The molecule has 1 N–H and O–H groups in total. The molecule has 106 valence electrons. The summed E-state index contributed by atoms with van der Waals surface area (Å²) in [5.41, 5.74) is 3.00. The van der Waals surface area contributed by atoms with Gasteiger partial charge in [0.1, 0.15) is 5.69 Å². The lowest BCUT2D eigenvalue weighted by Crippen LogP contribution is -2.13. The van der Waals surface area contributed by atoms with Gasteiger partial charge in [0.05, 0.1) is 5.69 Å². The van der Waals surface area contributed by atoms with E-state index in [0.717, 1.165) is 16.6 Å². The average molecular weight is 299 g/mol. The summed E-state index contributed by atoms with van der Waals surface area (Å²) in [4.78, 5) is 17.9. The second-order valence-corrected chi connectivity index (χ2v) is 5.56. The van der Waals surface area contributed by atoms with Crippen molar-refractivity contribution in [2.45, 2.75) is 0 Å². The molecule has 0 aliphatic rings. The second-order valence-electron chi connectivity index (χ2n) is 5.13. The van der Waals surface area contributed by atoms with Crippen LogP contribution >= 0.6 is 11.6 Å². The molecule has 21 heavy (non-hydrogen) atoms. The average Bonchev–Trinajstić information content (AvgIpc) is 2.85. The molecule has 3 aromatic rings. The van der Waals surface area contributed by atoms with E-state index in [0.29, 0.717) is 16.3 Å². The van der Waals surface area contributed by atoms with Crippen molar-refractivity contribution < 1.29 is 4.79 Å². The summed E-state index contributed by atoms with van der Waals surface area (Å²) in [6.07, 6.45) is 0. The van der Waals surface area contributed by atoms with E-state index in [-0.39, 0.29) is 5.78 Å². The number of aromatic nitrogens is 1. The number of rotatable bonds is 3. The van der Waals surface area contributed by atoms with Crippen molar-refractivity contribution in [2.24, 2.45) is 0 Å². The van der Waals surface area contributed by atoms with Crippen LogP contribution in [0.1, 0.15) is 16.1 Å². The number of benzene rings is 2. The number of anilines is 1. The minimum absolute atomic E-state index is 0.0216. The summed E-state index contributed by atoms with van der Waals surface area (Å²) in [5, 5.41) is 1.64. The number of ketones is 1. The Morgan fingerprint density at radius 2 is 1.81 bits per heavy atom. The quantitative estimate of drug-likeness (QED) is 0.738. The zero-order chi connectivity index (χ0) is 15.0.